The zero-order valence-electron chi connectivity index (χ0n) is 17.2. The van der Waals surface area contributed by atoms with Crippen molar-refractivity contribution in [2.75, 3.05) is 26.1 Å². The van der Waals surface area contributed by atoms with Crippen molar-refractivity contribution >= 4 is 11.7 Å². The Morgan fingerprint density at radius 3 is 2.87 bits per heavy atom. The van der Waals surface area contributed by atoms with E-state index in [1.54, 1.807) is 19.1 Å². The quantitative estimate of drug-likeness (QED) is 0.672. The third-order valence-corrected chi connectivity index (χ3v) is 5.16. The van der Waals surface area contributed by atoms with E-state index in [4.69, 9.17) is 14.0 Å². The first-order valence-electron chi connectivity index (χ1n) is 9.79. The molecule has 1 aliphatic rings. The fourth-order valence-corrected chi connectivity index (χ4v) is 3.62. The van der Waals surface area contributed by atoms with Crippen LogP contribution in [0.15, 0.2) is 47.0 Å². The smallest absolute Gasteiger partial charge is 0.322 e. The van der Waals surface area contributed by atoms with Crippen LogP contribution in [0.25, 0.3) is 11.4 Å². The molecule has 0 unspecified atom stereocenters. The molecule has 1 atom stereocenters. The molecule has 8 heteroatoms. The molecule has 0 saturated carbocycles. The number of hydrogen-bond acceptors (Lipinski definition) is 6. The molecule has 30 heavy (non-hydrogen) atoms. The lowest BCUT2D eigenvalue weighted by Crippen LogP contribution is -2.34. The number of carbonyl (C=O) groups excluding carboxylic acids is 1. The second-order valence-electron chi connectivity index (χ2n) is 7.17. The van der Waals surface area contributed by atoms with Gasteiger partial charge in [0.25, 0.3) is 0 Å². The number of aromatic nitrogens is 2. The molecule has 0 bridgehead atoms. The van der Waals surface area contributed by atoms with Gasteiger partial charge in [-0.1, -0.05) is 23.4 Å². The average Bonchev–Trinajstić information content (AvgIpc) is 3.43. The molecule has 8 nitrogen and oxygen atoms in total. The summed E-state index contributed by atoms with van der Waals surface area (Å²) >= 11 is 0. The molecular formula is C22H24N4O4. The van der Waals surface area contributed by atoms with Crippen molar-refractivity contribution in [3.05, 3.63) is 53.9 Å². The molecule has 2 heterocycles. The lowest BCUT2D eigenvalue weighted by atomic mass is 10.2. The van der Waals surface area contributed by atoms with Crippen molar-refractivity contribution in [3.63, 3.8) is 0 Å². The van der Waals surface area contributed by atoms with Gasteiger partial charge in [0.15, 0.2) is 0 Å². The van der Waals surface area contributed by atoms with Crippen molar-refractivity contribution in [1.29, 1.82) is 0 Å². The summed E-state index contributed by atoms with van der Waals surface area (Å²) in [7, 11) is 3.19. The molecule has 1 aliphatic heterocycles. The van der Waals surface area contributed by atoms with E-state index >= 15 is 0 Å². The Hall–Kier alpha value is -3.55. The standard InChI is InChI=1S/C22H24N4O4/c1-14-9-10-19(29-3)17(12-14)23-22(27)26-11-5-8-18(26)21-24-20(25-30-21)15-6-4-7-16(13-15)28-2/h4,6-7,9-10,12-13,18H,5,8,11H2,1-3H3,(H,23,27)/t18-/m1/s1. The molecule has 1 saturated heterocycles. The van der Waals surface area contributed by atoms with Crippen LogP contribution in [0.3, 0.4) is 0 Å². The lowest BCUT2D eigenvalue weighted by molar-refractivity contribution is 0.193. The Balaban J connectivity index is 1.53. The first kappa shape index (κ1) is 19.8. The monoisotopic (exact) mass is 408 g/mol. The lowest BCUT2D eigenvalue weighted by Gasteiger charge is -2.23. The maximum Gasteiger partial charge on any atom is 0.322 e. The van der Waals surface area contributed by atoms with Gasteiger partial charge in [-0.05, 0) is 49.6 Å². The number of ether oxygens (including phenoxy) is 2. The van der Waals surface area contributed by atoms with Gasteiger partial charge in [-0.3, -0.25) is 0 Å². The highest BCUT2D eigenvalue weighted by Gasteiger charge is 2.34. The van der Waals surface area contributed by atoms with E-state index in [1.807, 2.05) is 49.4 Å². The van der Waals surface area contributed by atoms with Gasteiger partial charge in [-0.2, -0.15) is 4.98 Å². The first-order valence-corrected chi connectivity index (χ1v) is 9.79. The van der Waals surface area contributed by atoms with Gasteiger partial charge in [-0.15, -0.1) is 0 Å². The maximum absolute atomic E-state index is 13.0. The summed E-state index contributed by atoms with van der Waals surface area (Å²) in [6.07, 6.45) is 1.62. The van der Waals surface area contributed by atoms with Crippen LogP contribution in [-0.4, -0.2) is 41.8 Å². The largest absolute Gasteiger partial charge is 0.497 e. The average molecular weight is 408 g/mol. The molecule has 4 rings (SSSR count). The summed E-state index contributed by atoms with van der Waals surface area (Å²) in [4.78, 5) is 19.3. The number of rotatable bonds is 5. The van der Waals surface area contributed by atoms with Crippen LogP contribution in [0.1, 0.15) is 30.3 Å². The predicted molar refractivity (Wildman–Crippen MR) is 112 cm³/mol. The molecule has 2 amide bonds. The van der Waals surface area contributed by atoms with Gasteiger partial charge < -0.3 is 24.2 Å². The normalized spacial score (nSPS) is 15.8. The highest BCUT2D eigenvalue weighted by Crippen LogP contribution is 2.34. The van der Waals surface area contributed by atoms with Gasteiger partial charge in [0.05, 0.1) is 19.9 Å². The Morgan fingerprint density at radius 1 is 1.20 bits per heavy atom. The summed E-state index contributed by atoms with van der Waals surface area (Å²) in [5, 5.41) is 7.06. The second kappa shape index (κ2) is 8.44. The van der Waals surface area contributed by atoms with Crippen molar-refractivity contribution in [2.45, 2.75) is 25.8 Å². The topological polar surface area (TPSA) is 89.7 Å². The van der Waals surface area contributed by atoms with Crippen LogP contribution in [0.2, 0.25) is 0 Å². The van der Waals surface area contributed by atoms with Gasteiger partial charge in [-0.25, -0.2) is 4.79 Å². The van der Waals surface area contributed by atoms with E-state index in [2.05, 4.69) is 15.5 Å². The minimum atomic E-state index is -0.271. The van der Waals surface area contributed by atoms with Crippen LogP contribution in [0.5, 0.6) is 11.5 Å². The summed E-state index contributed by atoms with van der Waals surface area (Å²) in [5.41, 5.74) is 2.46. The van der Waals surface area contributed by atoms with Crippen LogP contribution in [-0.2, 0) is 0 Å². The van der Waals surface area contributed by atoms with Crippen LogP contribution in [0, 0.1) is 6.92 Å². The molecule has 0 aliphatic carbocycles. The molecule has 0 spiro atoms. The Kier molecular flexibility index (Phi) is 5.56. The molecule has 2 aromatic carbocycles. The fourth-order valence-electron chi connectivity index (χ4n) is 3.62. The SMILES string of the molecule is COc1cccc(-c2noc([C@H]3CCCN3C(=O)Nc3cc(C)ccc3OC)n2)c1. The molecule has 0 radical (unpaired) electrons. The number of nitrogens with zero attached hydrogens (tertiary/aromatic N) is 3. The molecule has 1 fully saturated rings. The van der Waals surface area contributed by atoms with Crippen LogP contribution >= 0.6 is 0 Å². The van der Waals surface area contributed by atoms with Crippen molar-refractivity contribution in [1.82, 2.24) is 15.0 Å². The summed E-state index contributed by atoms with van der Waals surface area (Å²) in [5.74, 6) is 2.23. The number of amides is 2. The first-order chi connectivity index (χ1) is 14.6. The second-order valence-corrected chi connectivity index (χ2v) is 7.17. The number of benzene rings is 2. The van der Waals surface area contributed by atoms with E-state index < -0.39 is 0 Å². The number of likely N-dealkylation sites (tertiary alicyclic amines) is 1. The van der Waals surface area contributed by atoms with E-state index in [0.717, 1.165) is 24.0 Å². The fraction of sp³-hybridized carbons (Fsp3) is 0.318. The maximum atomic E-state index is 13.0. The summed E-state index contributed by atoms with van der Waals surface area (Å²) < 4.78 is 16.1. The van der Waals surface area contributed by atoms with Gasteiger partial charge >= 0.3 is 6.03 Å². The number of carbonyl (C=O) groups is 1. The van der Waals surface area contributed by atoms with Crippen LogP contribution < -0.4 is 14.8 Å². The zero-order chi connectivity index (χ0) is 21.1. The Bertz CT molecular complexity index is 1050. The van der Waals surface area contributed by atoms with Crippen LogP contribution in [0.4, 0.5) is 10.5 Å². The molecule has 156 valence electrons. The summed E-state index contributed by atoms with van der Waals surface area (Å²) in [6, 6.07) is 12.6. The van der Waals surface area contributed by atoms with Gasteiger partial charge in [0.1, 0.15) is 17.5 Å². The Labute approximate surface area is 174 Å². The highest BCUT2D eigenvalue weighted by atomic mass is 16.5. The minimum absolute atomic E-state index is 0.220. The third-order valence-electron chi connectivity index (χ3n) is 5.16. The van der Waals surface area contributed by atoms with Crippen molar-refractivity contribution in [2.24, 2.45) is 0 Å². The number of nitrogens with one attached hydrogen (secondary N) is 1. The molecular weight excluding hydrogens is 384 g/mol. The van der Waals surface area contributed by atoms with E-state index in [9.17, 15) is 4.79 Å². The van der Waals surface area contributed by atoms with Crippen molar-refractivity contribution in [3.8, 4) is 22.9 Å². The number of urea groups is 1. The number of hydrogen-bond donors (Lipinski definition) is 1. The third kappa shape index (κ3) is 3.94. The molecule has 3 aromatic rings. The number of aryl methyl sites for hydroxylation is 1. The number of anilines is 1. The Morgan fingerprint density at radius 2 is 2.07 bits per heavy atom. The van der Waals surface area contributed by atoms with E-state index in [1.165, 1.54) is 0 Å². The predicted octanol–water partition coefficient (Wildman–Crippen LogP) is 4.43. The molecule has 1 N–H and O–H groups in total. The minimum Gasteiger partial charge on any atom is -0.497 e. The van der Waals surface area contributed by atoms with Gasteiger partial charge in [0.2, 0.25) is 11.7 Å². The van der Waals surface area contributed by atoms with E-state index in [-0.39, 0.29) is 12.1 Å². The van der Waals surface area contributed by atoms with E-state index in [0.29, 0.717) is 35.4 Å². The molecule has 1 aromatic heterocycles. The zero-order valence-corrected chi connectivity index (χ0v) is 17.2. The highest BCUT2D eigenvalue weighted by molar-refractivity contribution is 5.91. The summed E-state index contributed by atoms with van der Waals surface area (Å²) in [6.45, 7) is 2.58. The van der Waals surface area contributed by atoms with Gasteiger partial charge in [0, 0.05) is 12.1 Å². The van der Waals surface area contributed by atoms with Crippen molar-refractivity contribution < 1.29 is 18.8 Å². The number of methoxy groups -OCH3 is 2.